The molecule has 0 fully saturated rings. The molecule has 1 N–H and O–H groups in total. The van der Waals surface area contributed by atoms with Crippen molar-refractivity contribution >= 4 is 22.9 Å². The molecule has 0 spiro atoms. The van der Waals surface area contributed by atoms with Crippen LogP contribution in [0, 0.1) is 0 Å². The minimum atomic E-state index is 0.0945. The van der Waals surface area contributed by atoms with Crippen LogP contribution >= 0.6 is 0 Å². The van der Waals surface area contributed by atoms with Crippen LogP contribution in [-0.2, 0) is 14.1 Å². The molecule has 0 amide bonds. The summed E-state index contributed by atoms with van der Waals surface area (Å²) < 4.78 is 9.21. The fraction of sp³-hybridized carbons (Fsp3) is 0.176. The number of ether oxygens (including phenoxy) is 1. The number of phenols is 1. The maximum Gasteiger partial charge on any atom is 0.300 e. The number of methoxy groups -OCH3 is 1. The topological polar surface area (TPSA) is 50.6 Å². The summed E-state index contributed by atoms with van der Waals surface area (Å²) in [7, 11) is 5.56. The van der Waals surface area contributed by atoms with Crippen LogP contribution in [0.4, 0.5) is 5.69 Å². The standard InChI is InChI=1S/C17H17N3O2/c1-19-14-6-4-5-7-15(14)20(2)17(19)11-18-13-9-8-12(22-3)10-16(13)21/h4-11H,1-3H3/p+1. The van der Waals surface area contributed by atoms with Crippen molar-refractivity contribution in [2.45, 2.75) is 0 Å². The third-order valence-corrected chi connectivity index (χ3v) is 3.79. The number of phenolic OH excluding ortho intramolecular Hbond substituents is 1. The third-order valence-electron chi connectivity index (χ3n) is 3.79. The van der Waals surface area contributed by atoms with Crippen LogP contribution in [0.1, 0.15) is 5.82 Å². The van der Waals surface area contributed by atoms with Crippen LogP contribution in [0.25, 0.3) is 11.0 Å². The van der Waals surface area contributed by atoms with E-state index in [-0.39, 0.29) is 5.75 Å². The Kier molecular flexibility index (Phi) is 3.55. The van der Waals surface area contributed by atoms with Crippen molar-refractivity contribution in [2.75, 3.05) is 7.11 Å². The number of aliphatic imine (C=N–C) groups is 1. The zero-order valence-electron chi connectivity index (χ0n) is 12.8. The van der Waals surface area contributed by atoms with Gasteiger partial charge >= 0.3 is 5.82 Å². The maximum absolute atomic E-state index is 9.97. The maximum atomic E-state index is 9.97. The number of aryl methyl sites for hydroxylation is 2. The molecule has 0 saturated carbocycles. The van der Waals surface area contributed by atoms with Crippen molar-refractivity contribution in [3.8, 4) is 11.5 Å². The second kappa shape index (κ2) is 5.52. The van der Waals surface area contributed by atoms with Crippen molar-refractivity contribution in [1.29, 1.82) is 0 Å². The molecular formula is C17H18N3O2+. The third kappa shape index (κ3) is 2.30. The summed E-state index contributed by atoms with van der Waals surface area (Å²) >= 11 is 0. The molecule has 0 aliphatic rings. The van der Waals surface area contributed by atoms with E-state index in [9.17, 15) is 5.11 Å². The highest BCUT2D eigenvalue weighted by Crippen LogP contribution is 2.30. The number of nitrogens with zero attached hydrogens (tertiary/aromatic N) is 3. The Hall–Kier alpha value is -2.82. The summed E-state index contributed by atoms with van der Waals surface area (Å²) in [6.45, 7) is 0. The van der Waals surface area contributed by atoms with Gasteiger partial charge in [-0.15, -0.1) is 0 Å². The van der Waals surface area contributed by atoms with Crippen LogP contribution in [-0.4, -0.2) is 23.0 Å². The second-order valence-corrected chi connectivity index (χ2v) is 5.08. The van der Waals surface area contributed by atoms with Gasteiger partial charge in [-0.05, 0) is 24.3 Å². The average Bonchev–Trinajstić information content (AvgIpc) is 2.78. The van der Waals surface area contributed by atoms with E-state index in [1.165, 1.54) is 0 Å². The molecule has 2 aromatic carbocycles. The van der Waals surface area contributed by atoms with E-state index in [1.807, 2.05) is 26.2 Å². The van der Waals surface area contributed by atoms with Crippen LogP contribution in [0.3, 0.4) is 0 Å². The number of rotatable bonds is 3. The van der Waals surface area contributed by atoms with Gasteiger partial charge in [0.15, 0.2) is 11.0 Å². The first-order valence-corrected chi connectivity index (χ1v) is 6.96. The quantitative estimate of drug-likeness (QED) is 0.596. The molecule has 0 aliphatic carbocycles. The zero-order chi connectivity index (χ0) is 15.7. The highest BCUT2D eigenvalue weighted by atomic mass is 16.5. The normalized spacial score (nSPS) is 11.4. The predicted molar refractivity (Wildman–Crippen MR) is 86.0 cm³/mol. The summed E-state index contributed by atoms with van der Waals surface area (Å²) in [4.78, 5) is 4.40. The minimum Gasteiger partial charge on any atom is -0.506 e. The first kappa shape index (κ1) is 14.1. The number of benzene rings is 2. The van der Waals surface area contributed by atoms with E-state index in [1.54, 1.807) is 31.5 Å². The van der Waals surface area contributed by atoms with E-state index < -0.39 is 0 Å². The second-order valence-electron chi connectivity index (χ2n) is 5.08. The van der Waals surface area contributed by atoms with Crippen LogP contribution in [0.15, 0.2) is 47.5 Å². The van der Waals surface area contributed by atoms with Gasteiger partial charge in [0, 0.05) is 6.07 Å². The van der Waals surface area contributed by atoms with Crippen molar-refractivity contribution in [3.05, 3.63) is 48.3 Å². The van der Waals surface area contributed by atoms with Crippen LogP contribution in [0.2, 0.25) is 0 Å². The number of para-hydroxylation sites is 2. The summed E-state index contributed by atoms with van der Waals surface area (Å²) in [5.74, 6) is 1.64. The number of hydrogen-bond donors (Lipinski definition) is 1. The lowest BCUT2D eigenvalue weighted by atomic mass is 10.3. The molecule has 1 heterocycles. The molecule has 22 heavy (non-hydrogen) atoms. The first-order valence-electron chi connectivity index (χ1n) is 6.96. The number of fused-ring (bicyclic) bond motifs is 1. The number of aromatic nitrogens is 2. The average molecular weight is 296 g/mol. The van der Waals surface area contributed by atoms with Gasteiger partial charge in [-0.3, -0.25) is 0 Å². The van der Waals surface area contributed by atoms with E-state index in [2.05, 4.69) is 26.3 Å². The van der Waals surface area contributed by atoms with Crippen LogP contribution < -0.4 is 9.30 Å². The Labute approximate surface area is 128 Å². The number of imidazole rings is 1. The molecule has 0 radical (unpaired) electrons. The molecule has 3 rings (SSSR count). The fourth-order valence-corrected chi connectivity index (χ4v) is 2.54. The first-order chi connectivity index (χ1) is 10.6. The Morgan fingerprint density at radius 3 is 2.68 bits per heavy atom. The van der Waals surface area contributed by atoms with Gasteiger partial charge in [0.25, 0.3) is 0 Å². The largest absolute Gasteiger partial charge is 0.506 e. The summed E-state index contributed by atoms with van der Waals surface area (Å²) in [6, 6.07) is 13.2. The van der Waals surface area contributed by atoms with Gasteiger partial charge in [0.05, 0.1) is 21.2 Å². The lowest BCUT2D eigenvalue weighted by molar-refractivity contribution is -0.646. The highest BCUT2D eigenvalue weighted by Gasteiger charge is 2.17. The van der Waals surface area contributed by atoms with Crippen molar-refractivity contribution < 1.29 is 14.4 Å². The van der Waals surface area contributed by atoms with Crippen LogP contribution in [0.5, 0.6) is 11.5 Å². The molecular weight excluding hydrogens is 278 g/mol. The smallest absolute Gasteiger partial charge is 0.300 e. The van der Waals surface area contributed by atoms with Gasteiger partial charge < -0.3 is 9.84 Å². The molecule has 0 aliphatic heterocycles. The van der Waals surface area contributed by atoms with Gasteiger partial charge in [-0.1, -0.05) is 12.1 Å². The SMILES string of the molecule is COc1ccc(N=Cc2n(C)c3ccccc3[n+]2C)c(O)c1. The molecule has 5 heteroatoms. The predicted octanol–water partition coefficient (Wildman–Crippen LogP) is 2.47. The lowest BCUT2D eigenvalue weighted by Crippen LogP contribution is -2.32. The van der Waals surface area contributed by atoms with Crippen molar-refractivity contribution in [2.24, 2.45) is 19.1 Å². The highest BCUT2D eigenvalue weighted by molar-refractivity contribution is 5.83. The monoisotopic (exact) mass is 296 g/mol. The van der Waals surface area contributed by atoms with E-state index in [4.69, 9.17) is 4.74 Å². The molecule has 0 saturated heterocycles. The molecule has 3 aromatic rings. The van der Waals surface area contributed by atoms with E-state index >= 15 is 0 Å². The zero-order valence-corrected chi connectivity index (χ0v) is 12.8. The van der Waals surface area contributed by atoms with Gasteiger partial charge in [0.2, 0.25) is 0 Å². The molecule has 112 valence electrons. The van der Waals surface area contributed by atoms with E-state index in [0.29, 0.717) is 11.4 Å². The Bertz CT molecular complexity index is 827. The number of hydrogen-bond acceptors (Lipinski definition) is 3. The summed E-state index contributed by atoms with van der Waals surface area (Å²) in [6.07, 6.45) is 1.75. The minimum absolute atomic E-state index is 0.0945. The van der Waals surface area contributed by atoms with Gasteiger partial charge in [-0.2, -0.15) is 0 Å². The van der Waals surface area contributed by atoms with Crippen molar-refractivity contribution in [1.82, 2.24) is 4.57 Å². The molecule has 0 atom stereocenters. The fourth-order valence-electron chi connectivity index (χ4n) is 2.54. The number of aromatic hydroxyl groups is 1. The molecule has 5 nitrogen and oxygen atoms in total. The van der Waals surface area contributed by atoms with E-state index in [0.717, 1.165) is 16.9 Å². The Balaban J connectivity index is 2.03. The molecule has 0 unspecified atom stereocenters. The summed E-state index contributed by atoms with van der Waals surface area (Å²) in [5, 5.41) is 9.97. The Morgan fingerprint density at radius 2 is 2.00 bits per heavy atom. The lowest BCUT2D eigenvalue weighted by Gasteiger charge is -2.02. The Morgan fingerprint density at radius 1 is 1.23 bits per heavy atom. The van der Waals surface area contributed by atoms with Crippen molar-refractivity contribution in [3.63, 3.8) is 0 Å². The van der Waals surface area contributed by atoms with Gasteiger partial charge in [0.1, 0.15) is 23.4 Å². The molecule has 0 bridgehead atoms. The summed E-state index contributed by atoms with van der Waals surface area (Å²) in [5.41, 5.74) is 2.77. The molecule has 1 aromatic heterocycles. The van der Waals surface area contributed by atoms with Gasteiger partial charge in [-0.25, -0.2) is 14.1 Å².